The average molecular weight is 220 g/mol. The van der Waals surface area contributed by atoms with Crippen LogP contribution < -0.4 is 0 Å². The van der Waals surface area contributed by atoms with Gasteiger partial charge in [0.1, 0.15) is 5.41 Å². The van der Waals surface area contributed by atoms with Crippen LogP contribution in [0.5, 0.6) is 0 Å². The molecule has 0 aromatic rings. The number of hydrogen-bond donors (Lipinski definition) is 0. The molecule has 0 aromatic heterocycles. The predicted octanol–water partition coefficient (Wildman–Crippen LogP) is 2.33. The van der Waals surface area contributed by atoms with Crippen molar-refractivity contribution < 1.29 is 4.79 Å². The molecule has 1 saturated heterocycles. The van der Waals surface area contributed by atoms with E-state index in [2.05, 4.69) is 19.9 Å². The molecule has 16 heavy (non-hydrogen) atoms. The molecule has 0 N–H and O–H groups in total. The number of carbonyl (C=O) groups excluding carboxylic acids is 1. The Balaban J connectivity index is 1.95. The molecule has 1 aliphatic heterocycles. The first-order valence-corrected chi connectivity index (χ1v) is 6.26. The molecule has 0 atom stereocenters. The first-order valence-electron chi connectivity index (χ1n) is 6.26. The van der Waals surface area contributed by atoms with Crippen molar-refractivity contribution in [2.45, 2.75) is 46.0 Å². The van der Waals surface area contributed by atoms with Gasteiger partial charge in [-0.05, 0) is 31.1 Å². The standard InChI is InChI=1S/C13H20N2O/c1-3-12(2)6-8-15(9-7-12)11(16)13(10-14)4-5-13/h3-9H2,1-2H3. The highest BCUT2D eigenvalue weighted by molar-refractivity contribution is 5.88. The number of rotatable bonds is 2. The fourth-order valence-electron chi connectivity index (χ4n) is 2.40. The van der Waals surface area contributed by atoms with Gasteiger partial charge >= 0.3 is 0 Å². The van der Waals surface area contributed by atoms with Gasteiger partial charge in [0, 0.05) is 13.1 Å². The van der Waals surface area contributed by atoms with E-state index in [0.717, 1.165) is 38.8 Å². The minimum atomic E-state index is -0.625. The Kier molecular flexibility index (Phi) is 2.69. The van der Waals surface area contributed by atoms with Gasteiger partial charge in [-0.25, -0.2) is 0 Å². The fraction of sp³-hybridized carbons (Fsp3) is 0.846. The minimum absolute atomic E-state index is 0.0909. The van der Waals surface area contributed by atoms with Crippen molar-refractivity contribution in [2.75, 3.05) is 13.1 Å². The summed E-state index contributed by atoms with van der Waals surface area (Å²) in [5.41, 5.74) is -0.222. The number of hydrogen-bond acceptors (Lipinski definition) is 2. The van der Waals surface area contributed by atoms with Gasteiger partial charge in [-0.2, -0.15) is 5.26 Å². The maximum atomic E-state index is 12.1. The van der Waals surface area contributed by atoms with Crippen molar-refractivity contribution in [3.63, 3.8) is 0 Å². The summed E-state index contributed by atoms with van der Waals surface area (Å²) < 4.78 is 0. The number of nitriles is 1. The van der Waals surface area contributed by atoms with E-state index in [0.29, 0.717) is 5.41 Å². The van der Waals surface area contributed by atoms with Gasteiger partial charge in [0.15, 0.2) is 0 Å². The van der Waals surface area contributed by atoms with Crippen LogP contribution >= 0.6 is 0 Å². The first-order chi connectivity index (χ1) is 7.55. The second-order valence-electron chi connectivity index (χ2n) is 5.65. The normalized spacial score (nSPS) is 25.9. The molecular weight excluding hydrogens is 200 g/mol. The lowest BCUT2D eigenvalue weighted by Crippen LogP contribution is -2.44. The Morgan fingerprint density at radius 1 is 1.31 bits per heavy atom. The van der Waals surface area contributed by atoms with Crippen molar-refractivity contribution in [3.8, 4) is 6.07 Å². The molecule has 0 aromatic carbocycles. The largest absolute Gasteiger partial charge is 0.341 e. The first kappa shape index (κ1) is 11.4. The van der Waals surface area contributed by atoms with Crippen molar-refractivity contribution >= 4 is 5.91 Å². The molecule has 0 spiro atoms. The summed E-state index contributed by atoms with van der Waals surface area (Å²) in [5, 5.41) is 9.01. The molecule has 3 nitrogen and oxygen atoms in total. The van der Waals surface area contributed by atoms with Crippen LogP contribution in [0, 0.1) is 22.2 Å². The van der Waals surface area contributed by atoms with Crippen LogP contribution in [0.4, 0.5) is 0 Å². The summed E-state index contributed by atoms with van der Waals surface area (Å²) in [5.74, 6) is 0.0909. The maximum absolute atomic E-state index is 12.1. The summed E-state index contributed by atoms with van der Waals surface area (Å²) in [6.45, 7) is 6.19. The Morgan fingerprint density at radius 2 is 1.88 bits per heavy atom. The van der Waals surface area contributed by atoms with Crippen LogP contribution in [0.3, 0.4) is 0 Å². The monoisotopic (exact) mass is 220 g/mol. The highest BCUT2D eigenvalue weighted by Crippen LogP contribution is 2.47. The predicted molar refractivity (Wildman–Crippen MR) is 61.5 cm³/mol. The van der Waals surface area contributed by atoms with E-state index in [1.165, 1.54) is 6.42 Å². The highest BCUT2D eigenvalue weighted by Gasteiger charge is 2.53. The van der Waals surface area contributed by atoms with E-state index < -0.39 is 5.41 Å². The van der Waals surface area contributed by atoms with Gasteiger partial charge < -0.3 is 4.90 Å². The molecule has 2 fully saturated rings. The molecule has 1 heterocycles. The average Bonchev–Trinajstić information content (AvgIpc) is 3.10. The third-order valence-electron chi connectivity index (χ3n) is 4.48. The summed E-state index contributed by atoms with van der Waals surface area (Å²) >= 11 is 0. The zero-order valence-corrected chi connectivity index (χ0v) is 10.3. The van der Waals surface area contributed by atoms with Crippen LogP contribution in [0.2, 0.25) is 0 Å². The quantitative estimate of drug-likeness (QED) is 0.717. The van der Waals surface area contributed by atoms with Gasteiger partial charge in [-0.3, -0.25) is 4.79 Å². The Morgan fingerprint density at radius 3 is 2.25 bits per heavy atom. The third-order valence-corrected chi connectivity index (χ3v) is 4.48. The topological polar surface area (TPSA) is 44.1 Å². The number of likely N-dealkylation sites (tertiary alicyclic amines) is 1. The van der Waals surface area contributed by atoms with E-state index in [1.54, 1.807) is 0 Å². The second kappa shape index (κ2) is 3.76. The van der Waals surface area contributed by atoms with Crippen molar-refractivity contribution in [1.82, 2.24) is 4.90 Å². The Bertz CT molecular complexity index is 330. The lowest BCUT2D eigenvalue weighted by atomic mass is 9.78. The molecule has 88 valence electrons. The van der Waals surface area contributed by atoms with Crippen LogP contribution in [0.1, 0.15) is 46.0 Å². The van der Waals surface area contributed by atoms with Crippen molar-refractivity contribution in [1.29, 1.82) is 5.26 Å². The van der Waals surface area contributed by atoms with E-state index in [4.69, 9.17) is 5.26 Å². The van der Waals surface area contributed by atoms with E-state index in [1.807, 2.05) is 4.90 Å². The number of amides is 1. The molecule has 2 aliphatic rings. The lowest BCUT2D eigenvalue weighted by Gasteiger charge is -2.39. The van der Waals surface area contributed by atoms with Gasteiger partial charge in [0.05, 0.1) is 6.07 Å². The Labute approximate surface area is 97.4 Å². The molecule has 1 amide bonds. The van der Waals surface area contributed by atoms with Crippen LogP contribution in [0.25, 0.3) is 0 Å². The lowest BCUT2D eigenvalue weighted by molar-refractivity contribution is -0.137. The van der Waals surface area contributed by atoms with E-state index in [-0.39, 0.29) is 5.91 Å². The zero-order chi connectivity index (χ0) is 11.8. The molecular formula is C13H20N2O. The molecule has 2 rings (SSSR count). The second-order valence-corrected chi connectivity index (χ2v) is 5.65. The smallest absolute Gasteiger partial charge is 0.243 e. The molecule has 0 radical (unpaired) electrons. The van der Waals surface area contributed by atoms with Crippen LogP contribution in [0.15, 0.2) is 0 Å². The number of piperidine rings is 1. The molecule has 1 aliphatic carbocycles. The molecule has 0 bridgehead atoms. The SMILES string of the molecule is CCC1(C)CCN(C(=O)C2(C#N)CC2)CC1. The minimum Gasteiger partial charge on any atom is -0.341 e. The van der Waals surface area contributed by atoms with Gasteiger partial charge in [-0.1, -0.05) is 20.3 Å². The Hall–Kier alpha value is -1.04. The maximum Gasteiger partial charge on any atom is 0.243 e. The molecule has 1 saturated carbocycles. The van der Waals surface area contributed by atoms with Crippen molar-refractivity contribution in [3.05, 3.63) is 0 Å². The summed E-state index contributed by atoms with van der Waals surface area (Å²) in [6, 6.07) is 2.19. The summed E-state index contributed by atoms with van der Waals surface area (Å²) in [4.78, 5) is 14.0. The van der Waals surface area contributed by atoms with Gasteiger partial charge in [0.2, 0.25) is 5.91 Å². The van der Waals surface area contributed by atoms with Crippen LogP contribution in [-0.4, -0.2) is 23.9 Å². The van der Waals surface area contributed by atoms with E-state index >= 15 is 0 Å². The van der Waals surface area contributed by atoms with Gasteiger partial charge in [0.25, 0.3) is 0 Å². The van der Waals surface area contributed by atoms with Gasteiger partial charge in [-0.15, -0.1) is 0 Å². The molecule has 3 heteroatoms. The van der Waals surface area contributed by atoms with Crippen LogP contribution in [-0.2, 0) is 4.79 Å². The molecule has 0 unspecified atom stereocenters. The highest BCUT2D eigenvalue weighted by atomic mass is 16.2. The van der Waals surface area contributed by atoms with E-state index in [9.17, 15) is 4.79 Å². The number of nitrogens with zero attached hydrogens (tertiary/aromatic N) is 2. The zero-order valence-electron chi connectivity index (χ0n) is 10.3. The third kappa shape index (κ3) is 1.81. The van der Waals surface area contributed by atoms with Crippen molar-refractivity contribution in [2.24, 2.45) is 10.8 Å². The fourth-order valence-corrected chi connectivity index (χ4v) is 2.40. The number of carbonyl (C=O) groups is 1. The summed E-state index contributed by atoms with van der Waals surface area (Å²) in [7, 11) is 0. The summed E-state index contributed by atoms with van der Waals surface area (Å²) in [6.07, 6.45) is 4.87.